The SMILES string of the molecule is Cc1nn(C)c(Cl)c1Cn1ccc(CNC2CC2)c1. The largest absolute Gasteiger partial charge is 0.349 e. The number of nitrogens with one attached hydrogen (secondary N) is 1. The normalized spacial score (nSPS) is 15.1. The molecule has 1 aliphatic rings. The zero-order valence-electron chi connectivity index (χ0n) is 11.4. The van der Waals surface area contributed by atoms with Crippen LogP contribution in [0.5, 0.6) is 0 Å². The Labute approximate surface area is 118 Å². The maximum absolute atomic E-state index is 6.26. The summed E-state index contributed by atoms with van der Waals surface area (Å²) in [6.07, 6.45) is 6.93. The number of nitrogens with zero attached hydrogens (tertiary/aromatic N) is 3. The van der Waals surface area contributed by atoms with Crippen molar-refractivity contribution in [3.63, 3.8) is 0 Å². The number of aryl methyl sites for hydroxylation is 2. The van der Waals surface area contributed by atoms with Crippen molar-refractivity contribution in [3.8, 4) is 0 Å². The fraction of sp³-hybridized carbons (Fsp3) is 0.500. The first kappa shape index (κ1) is 12.8. The predicted molar refractivity (Wildman–Crippen MR) is 76.4 cm³/mol. The van der Waals surface area contributed by atoms with Crippen LogP contribution >= 0.6 is 11.6 Å². The summed E-state index contributed by atoms with van der Waals surface area (Å²) < 4.78 is 3.89. The van der Waals surface area contributed by atoms with Crippen LogP contribution in [-0.4, -0.2) is 20.4 Å². The van der Waals surface area contributed by atoms with Crippen molar-refractivity contribution < 1.29 is 0 Å². The lowest BCUT2D eigenvalue weighted by molar-refractivity contribution is 0.684. The van der Waals surface area contributed by atoms with E-state index in [0.717, 1.165) is 35.5 Å². The second-order valence-electron chi connectivity index (χ2n) is 5.33. The molecule has 1 fully saturated rings. The minimum absolute atomic E-state index is 0.726. The van der Waals surface area contributed by atoms with E-state index >= 15 is 0 Å². The van der Waals surface area contributed by atoms with E-state index in [0.29, 0.717) is 0 Å². The average Bonchev–Trinajstić information content (AvgIpc) is 3.06. The second kappa shape index (κ2) is 5.02. The molecule has 102 valence electrons. The highest BCUT2D eigenvalue weighted by atomic mass is 35.5. The van der Waals surface area contributed by atoms with E-state index in [1.807, 2.05) is 14.0 Å². The van der Waals surface area contributed by atoms with Gasteiger partial charge in [0.05, 0.1) is 12.2 Å². The highest BCUT2D eigenvalue weighted by molar-refractivity contribution is 6.30. The van der Waals surface area contributed by atoms with Crippen molar-refractivity contribution in [3.05, 3.63) is 40.4 Å². The molecule has 0 spiro atoms. The Morgan fingerprint density at radius 2 is 2.26 bits per heavy atom. The molecule has 0 saturated heterocycles. The number of halogens is 1. The van der Waals surface area contributed by atoms with Gasteiger partial charge in [-0.3, -0.25) is 4.68 Å². The number of aromatic nitrogens is 3. The topological polar surface area (TPSA) is 34.8 Å². The van der Waals surface area contributed by atoms with Crippen molar-refractivity contribution in [1.29, 1.82) is 0 Å². The van der Waals surface area contributed by atoms with Crippen LogP contribution in [0.25, 0.3) is 0 Å². The van der Waals surface area contributed by atoms with Gasteiger partial charge in [-0.1, -0.05) is 11.6 Å². The van der Waals surface area contributed by atoms with Crippen LogP contribution in [0.3, 0.4) is 0 Å². The molecular weight excluding hydrogens is 260 g/mol. The van der Waals surface area contributed by atoms with Crippen molar-refractivity contribution >= 4 is 11.6 Å². The van der Waals surface area contributed by atoms with E-state index < -0.39 is 0 Å². The first-order valence-electron chi connectivity index (χ1n) is 6.69. The Kier molecular flexibility index (Phi) is 3.37. The molecule has 0 radical (unpaired) electrons. The van der Waals surface area contributed by atoms with Crippen molar-refractivity contribution in [2.24, 2.45) is 7.05 Å². The molecule has 3 rings (SSSR count). The van der Waals surface area contributed by atoms with Gasteiger partial charge in [-0.05, 0) is 31.4 Å². The first-order chi connectivity index (χ1) is 9.13. The Morgan fingerprint density at radius 3 is 2.89 bits per heavy atom. The summed E-state index contributed by atoms with van der Waals surface area (Å²) in [5, 5.41) is 8.59. The molecule has 0 bridgehead atoms. The van der Waals surface area contributed by atoms with Gasteiger partial charge in [0.1, 0.15) is 5.15 Å². The maximum Gasteiger partial charge on any atom is 0.131 e. The van der Waals surface area contributed by atoms with Gasteiger partial charge >= 0.3 is 0 Å². The van der Waals surface area contributed by atoms with Gasteiger partial charge < -0.3 is 9.88 Å². The lowest BCUT2D eigenvalue weighted by atomic mass is 10.2. The minimum Gasteiger partial charge on any atom is -0.349 e. The molecule has 0 aliphatic heterocycles. The van der Waals surface area contributed by atoms with Gasteiger partial charge in [-0.15, -0.1) is 0 Å². The third-order valence-corrected chi connectivity index (χ3v) is 4.07. The number of hydrogen-bond acceptors (Lipinski definition) is 2. The number of rotatable bonds is 5. The summed E-state index contributed by atoms with van der Waals surface area (Å²) in [6, 6.07) is 2.91. The molecule has 4 nitrogen and oxygen atoms in total. The monoisotopic (exact) mass is 278 g/mol. The average molecular weight is 279 g/mol. The van der Waals surface area contributed by atoms with Crippen LogP contribution < -0.4 is 5.32 Å². The Morgan fingerprint density at radius 1 is 1.47 bits per heavy atom. The number of hydrogen-bond donors (Lipinski definition) is 1. The van der Waals surface area contributed by atoms with Crippen LogP contribution in [0.1, 0.15) is 29.7 Å². The molecule has 1 N–H and O–H groups in total. The van der Waals surface area contributed by atoms with E-state index in [4.69, 9.17) is 11.6 Å². The van der Waals surface area contributed by atoms with Crippen LogP contribution in [0, 0.1) is 6.92 Å². The third kappa shape index (κ3) is 2.85. The van der Waals surface area contributed by atoms with Gasteiger partial charge in [-0.2, -0.15) is 5.10 Å². The molecule has 19 heavy (non-hydrogen) atoms. The highest BCUT2D eigenvalue weighted by Gasteiger charge is 2.20. The molecule has 2 aromatic rings. The minimum atomic E-state index is 0.726. The maximum atomic E-state index is 6.26. The summed E-state index contributed by atoms with van der Waals surface area (Å²) in [6.45, 7) is 3.74. The van der Waals surface area contributed by atoms with Crippen molar-refractivity contribution in [2.45, 2.75) is 38.9 Å². The van der Waals surface area contributed by atoms with Crippen LogP contribution in [0.2, 0.25) is 5.15 Å². The lowest BCUT2D eigenvalue weighted by Crippen LogP contribution is -2.14. The molecule has 0 atom stereocenters. The molecule has 5 heteroatoms. The fourth-order valence-electron chi connectivity index (χ4n) is 2.28. The highest BCUT2D eigenvalue weighted by Crippen LogP contribution is 2.21. The fourth-order valence-corrected chi connectivity index (χ4v) is 2.51. The predicted octanol–water partition coefficient (Wildman–Crippen LogP) is 2.48. The summed E-state index contributed by atoms with van der Waals surface area (Å²) in [5.74, 6) is 0. The van der Waals surface area contributed by atoms with E-state index in [-0.39, 0.29) is 0 Å². The summed E-state index contributed by atoms with van der Waals surface area (Å²) >= 11 is 6.26. The Bertz CT molecular complexity index is 580. The van der Waals surface area contributed by atoms with Gasteiger partial charge in [-0.25, -0.2) is 0 Å². The first-order valence-corrected chi connectivity index (χ1v) is 7.07. The molecule has 2 heterocycles. The lowest BCUT2D eigenvalue weighted by Gasteiger charge is -2.03. The molecule has 0 amide bonds. The van der Waals surface area contributed by atoms with E-state index in [2.05, 4.69) is 33.4 Å². The summed E-state index contributed by atoms with van der Waals surface area (Å²) in [4.78, 5) is 0. The van der Waals surface area contributed by atoms with Gasteiger partial charge in [0.25, 0.3) is 0 Å². The van der Waals surface area contributed by atoms with Gasteiger partial charge in [0.15, 0.2) is 0 Å². The zero-order valence-corrected chi connectivity index (χ0v) is 12.1. The summed E-state index contributed by atoms with van der Waals surface area (Å²) in [5.41, 5.74) is 3.42. The van der Waals surface area contributed by atoms with Crippen molar-refractivity contribution in [2.75, 3.05) is 0 Å². The standard InChI is InChI=1S/C14H19ClN4/c1-10-13(14(15)18(2)17-10)9-19-6-5-11(8-19)7-16-12-3-4-12/h5-6,8,12,16H,3-4,7,9H2,1-2H3. The van der Waals surface area contributed by atoms with Gasteiger partial charge in [0.2, 0.25) is 0 Å². The van der Waals surface area contributed by atoms with Crippen LogP contribution in [-0.2, 0) is 20.1 Å². The third-order valence-electron chi connectivity index (χ3n) is 3.59. The Hall–Kier alpha value is -1.26. The van der Waals surface area contributed by atoms with Gasteiger partial charge in [0, 0.05) is 37.6 Å². The molecule has 2 aromatic heterocycles. The van der Waals surface area contributed by atoms with Crippen molar-refractivity contribution in [1.82, 2.24) is 19.7 Å². The molecule has 1 saturated carbocycles. The Balaban J connectivity index is 1.68. The molecule has 0 unspecified atom stereocenters. The summed E-state index contributed by atoms with van der Waals surface area (Å²) in [7, 11) is 1.87. The molecule has 0 aromatic carbocycles. The zero-order chi connectivity index (χ0) is 13.4. The van der Waals surface area contributed by atoms with Crippen LogP contribution in [0.15, 0.2) is 18.5 Å². The van der Waals surface area contributed by atoms with E-state index in [1.165, 1.54) is 18.4 Å². The molecular formula is C14H19ClN4. The smallest absolute Gasteiger partial charge is 0.131 e. The van der Waals surface area contributed by atoms with E-state index in [9.17, 15) is 0 Å². The van der Waals surface area contributed by atoms with E-state index in [1.54, 1.807) is 4.68 Å². The van der Waals surface area contributed by atoms with Crippen LogP contribution in [0.4, 0.5) is 0 Å². The quantitative estimate of drug-likeness (QED) is 0.912. The molecule has 1 aliphatic carbocycles. The second-order valence-corrected chi connectivity index (χ2v) is 5.68.